The van der Waals surface area contributed by atoms with E-state index >= 15 is 0 Å². The van der Waals surface area contributed by atoms with Crippen LogP contribution in [0.3, 0.4) is 0 Å². The first-order valence-corrected chi connectivity index (χ1v) is 6.73. The van der Waals surface area contributed by atoms with Gasteiger partial charge in [0.25, 0.3) is 0 Å². The Labute approximate surface area is 114 Å². The molecule has 0 saturated heterocycles. The van der Waals surface area contributed by atoms with Crippen LogP contribution >= 0.6 is 0 Å². The first kappa shape index (κ1) is 11.8. The molecular weight excluding hydrogens is 228 g/mol. The monoisotopic (exact) mass is 244 g/mol. The van der Waals surface area contributed by atoms with E-state index in [4.69, 9.17) is 0 Å². The van der Waals surface area contributed by atoms with Crippen molar-refractivity contribution in [2.75, 3.05) is 0 Å². The van der Waals surface area contributed by atoms with E-state index in [1.54, 1.807) is 0 Å². The van der Waals surface area contributed by atoms with Crippen molar-refractivity contribution in [2.24, 2.45) is 5.92 Å². The van der Waals surface area contributed by atoms with Crippen molar-refractivity contribution in [3.63, 3.8) is 0 Å². The maximum Gasteiger partial charge on any atom is 0.0248 e. The molecule has 19 heavy (non-hydrogen) atoms. The van der Waals surface area contributed by atoms with Gasteiger partial charge in [0.05, 0.1) is 0 Å². The summed E-state index contributed by atoms with van der Waals surface area (Å²) in [5.41, 5.74) is 3.79. The summed E-state index contributed by atoms with van der Waals surface area (Å²) in [6.07, 6.45) is 4.52. The standard InChI is InChI=1S/C19H16/c1-3-7-16(8-4-1)11-12-18-13-14-19(18)15-17-9-5-2-6-10-17/h1-10,13,19H,14-15H2. The molecule has 0 heterocycles. The van der Waals surface area contributed by atoms with Crippen molar-refractivity contribution in [3.8, 4) is 11.8 Å². The highest BCUT2D eigenvalue weighted by atomic mass is 14.2. The topological polar surface area (TPSA) is 0 Å². The third-order valence-electron chi connectivity index (χ3n) is 3.51. The molecule has 92 valence electrons. The minimum absolute atomic E-state index is 0.610. The molecule has 1 aliphatic rings. The SMILES string of the molecule is C(#Cc1ccccc1)C1=CCC1Cc1ccccc1. The van der Waals surface area contributed by atoms with Gasteiger partial charge in [-0.2, -0.15) is 0 Å². The molecule has 2 aromatic carbocycles. The fourth-order valence-electron chi connectivity index (χ4n) is 2.31. The van der Waals surface area contributed by atoms with E-state index in [-0.39, 0.29) is 0 Å². The summed E-state index contributed by atoms with van der Waals surface area (Å²) in [7, 11) is 0. The minimum Gasteiger partial charge on any atom is -0.0720 e. The quantitative estimate of drug-likeness (QED) is 0.694. The molecule has 0 saturated carbocycles. The van der Waals surface area contributed by atoms with Crippen LogP contribution in [-0.4, -0.2) is 0 Å². The maximum atomic E-state index is 3.32. The minimum atomic E-state index is 0.610. The predicted octanol–water partition coefficient (Wildman–Crippen LogP) is 4.23. The average molecular weight is 244 g/mol. The van der Waals surface area contributed by atoms with Crippen LogP contribution in [0.1, 0.15) is 17.5 Å². The van der Waals surface area contributed by atoms with Gasteiger partial charge in [0.1, 0.15) is 0 Å². The van der Waals surface area contributed by atoms with Crippen LogP contribution in [0.5, 0.6) is 0 Å². The second kappa shape index (κ2) is 5.59. The molecule has 0 nitrogen and oxygen atoms in total. The van der Waals surface area contributed by atoms with Gasteiger partial charge in [-0.15, -0.1) is 0 Å². The zero-order chi connectivity index (χ0) is 12.9. The summed E-state index contributed by atoms with van der Waals surface area (Å²) in [6.45, 7) is 0. The normalized spacial score (nSPS) is 16.8. The fourth-order valence-corrected chi connectivity index (χ4v) is 2.31. The van der Waals surface area contributed by atoms with Gasteiger partial charge in [-0.05, 0) is 36.5 Å². The van der Waals surface area contributed by atoms with Gasteiger partial charge in [0.15, 0.2) is 0 Å². The molecular formula is C19H16. The van der Waals surface area contributed by atoms with Crippen molar-refractivity contribution in [1.82, 2.24) is 0 Å². The zero-order valence-electron chi connectivity index (χ0n) is 10.8. The Balaban J connectivity index is 1.66. The predicted molar refractivity (Wildman–Crippen MR) is 79.7 cm³/mol. The molecule has 0 amide bonds. The van der Waals surface area contributed by atoms with Gasteiger partial charge in [0.2, 0.25) is 0 Å². The van der Waals surface area contributed by atoms with Crippen LogP contribution in [-0.2, 0) is 6.42 Å². The lowest BCUT2D eigenvalue weighted by atomic mass is 9.80. The first-order valence-electron chi connectivity index (χ1n) is 6.73. The Hall–Kier alpha value is -2.26. The third-order valence-corrected chi connectivity index (χ3v) is 3.51. The summed E-state index contributed by atoms with van der Waals surface area (Å²) in [5, 5.41) is 0. The van der Waals surface area contributed by atoms with Gasteiger partial charge < -0.3 is 0 Å². The number of hydrogen-bond acceptors (Lipinski definition) is 0. The van der Waals surface area contributed by atoms with Gasteiger partial charge in [0, 0.05) is 11.1 Å². The van der Waals surface area contributed by atoms with Crippen LogP contribution in [0.4, 0.5) is 0 Å². The van der Waals surface area contributed by atoms with Crippen LogP contribution in [0.2, 0.25) is 0 Å². The average Bonchev–Trinajstić information content (AvgIpc) is 2.46. The Kier molecular flexibility index (Phi) is 3.47. The molecule has 0 heteroatoms. The third kappa shape index (κ3) is 2.95. The van der Waals surface area contributed by atoms with Crippen LogP contribution < -0.4 is 0 Å². The smallest absolute Gasteiger partial charge is 0.0248 e. The lowest BCUT2D eigenvalue weighted by Gasteiger charge is -2.23. The van der Waals surface area contributed by atoms with Crippen LogP contribution in [0, 0.1) is 17.8 Å². The van der Waals surface area contributed by atoms with Crippen LogP contribution in [0.15, 0.2) is 72.3 Å². The van der Waals surface area contributed by atoms with Crippen molar-refractivity contribution in [2.45, 2.75) is 12.8 Å². The van der Waals surface area contributed by atoms with Crippen molar-refractivity contribution < 1.29 is 0 Å². The second-order valence-corrected chi connectivity index (χ2v) is 4.90. The Morgan fingerprint density at radius 3 is 2.16 bits per heavy atom. The van der Waals surface area contributed by atoms with Gasteiger partial charge in [-0.3, -0.25) is 0 Å². The van der Waals surface area contributed by atoms with Crippen LogP contribution in [0.25, 0.3) is 0 Å². The molecule has 0 bridgehead atoms. The highest BCUT2D eigenvalue weighted by Crippen LogP contribution is 2.29. The van der Waals surface area contributed by atoms with E-state index < -0.39 is 0 Å². The molecule has 1 atom stereocenters. The molecule has 0 spiro atoms. The van der Waals surface area contributed by atoms with E-state index in [0.717, 1.165) is 18.4 Å². The maximum absolute atomic E-state index is 3.32. The molecule has 1 aliphatic carbocycles. The summed E-state index contributed by atoms with van der Waals surface area (Å²) in [6, 6.07) is 20.8. The summed E-state index contributed by atoms with van der Waals surface area (Å²) < 4.78 is 0. The van der Waals surface area contributed by atoms with Crippen molar-refractivity contribution >= 4 is 0 Å². The van der Waals surface area contributed by atoms with Gasteiger partial charge in [-0.25, -0.2) is 0 Å². The highest BCUT2D eigenvalue weighted by Gasteiger charge is 2.19. The molecule has 0 N–H and O–H groups in total. The molecule has 0 fully saturated rings. The molecule has 0 aliphatic heterocycles. The lowest BCUT2D eigenvalue weighted by Crippen LogP contribution is -2.14. The summed E-state index contributed by atoms with van der Waals surface area (Å²) >= 11 is 0. The summed E-state index contributed by atoms with van der Waals surface area (Å²) in [5.74, 6) is 7.17. The zero-order valence-corrected chi connectivity index (χ0v) is 10.8. The van der Waals surface area contributed by atoms with Crippen molar-refractivity contribution in [1.29, 1.82) is 0 Å². The number of hydrogen-bond donors (Lipinski definition) is 0. The number of allylic oxidation sites excluding steroid dienone is 2. The first-order chi connectivity index (χ1) is 9.42. The molecule has 3 rings (SSSR count). The lowest BCUT2D eigenvalue weighted by molar-refractivity contribution is 0.581. The Morgan fingerprint density at radius 2 is 1.53 bits per heavy atom. The van der Waals surface area contributed by atoms with E-state index in [2.05, 4.69) is 60.4 Å². The fraction of sp³-hybridized carbons (Fsp3) is 0.158. The second-order valence-electron chi connectivity index (χ2n) is 4.90. The van der Waals surface area contributed by atoms with Gasteiger partial charge in [-0.1, -0.05) is 66.4 Å². The molecule has 0 aromatic heterocycles. The largest absolute Gasteiger partial charge is 0.0720 e. The van der Waals surface area contributed by atoms with Gasteiger partial charge >= 0.3 is 0 Å². The van der Waals surface area contributed by atoms with E-state index in [9.17, 15) is 0 Å². The molecule has 2 aromatic rings. The molecule has 0 radical (unpaired) electrons. The van der Waals surface area contributed by atoms with Crippen molar-refractivity contribution in [3.05, 3.63) is 83.4 Å². The Morgan fingerprint density at radius 1 is 0.842 bits per heavy atom. The number of rotatable bonds is 2. The highest BCUT2D eigenvalue weighted by molar-refractivity contribution is 5.44. The van der Waals surface area contributed by atoms with E-state index in [0.29, 0.717) is 5.92 Å². The van der Waals surface area contributed by atoms with E-state index in [1.165, 1.54) is 11.1 Å². The Bertz CT molecular complexity index is 624. The number of benzene rings is 2. The molecule has 1 unspecified atom stereocenters. The summed E-state index contributed by atoms with van der Waals surface area (Å²) in [4.78, 5) is 0. The van der Waals surface area contributed by atoms with E-state index in [1.807, 2.05) is 18.2 Å².